The van der Waals surface area contributed by atoms with E-state index in [0.29, 0.717) is 35.5 Å². The van der Waals surface area contributed by atoms with Crippen LogP contribution in [0, 0.1) is 12.7 Å². The molecule has 1 atom stereocenters. The average Bonchev–Trinajstić information content (AvgIpc) is 3.49. The standard InChI is InChI=1S/C30H30FN3O4/c1-4-34-19(2)23(24-15-21(31)10-12-26(24)34)17-29(35)32-25(14-20-8-6-5-7-9-20)30(36)33(3)22-11-13-27-28(16-22)38-18-37-27/h5-13,15-16,25H,4,14,17-18H2,1-3H3,(H,32,35)/t25-/m0/s1. The van der Waals surface area contributed by atoms with Gasteiger partial charge in [-0.2, -0.15) is 0 Å². The van der Waals surface area contributed by atoms with Crippen molar-refractivity contribution in [2.45, 2.75) is 39.3 Å². The van der Waals surface area contributed by atoms with Crippen molar-refractivity contribution in [3.05, 3.63) is 89.4 Å². The Morgan fingerprint density at radius 1 is 1.05 bits per heavy atom. The molecule has 1 aliphatic rings. The third-order valence-corrected chi connectivity index (χ3v) is 7.06. The van der Waals surface area contributed by atoms with Gasteiger partial charge in [-0.25, -0.2) is 4.39 Å². The first-order chi connectivity index (χ1) is 18.4. The molecule has 7 nitrogen and oxygen atoms in total. The number of benzene rings is 3. The fraction of sp³-hybridized carbons (Fsp3) is 0.267. The van der Waals surface area contributed by atoms with Crippen molar-refractivity contribution in [3.63, 3.8) is 0 Å². The fourth-order valence-electron chi connectivity index (χ4n) is 5.07. The second-order valence-electron chi connectivity index (χ2n) is 9.39. The zero-order valence-corrected chi connectivity index (χ0v) is 21.7. The lowest BCUT2D eigenvalue weighted by Crippen LogP contribution is -2.49. The number of carbonyl (C=O) groups is 2. The Bertz CT molecular complexity index is 1500. The summed E-state index contributed by atoms with van der Waals surface area (Å²) < 4.78 is 27.0. The number of carbonyl (C=O) groups excluding carboxylic acids is 2. The number of hydrogen-bond acceptors (Lipinski definition) is 4. The van der Waals surface area contributed by atoms with Crippen LogP contribution in [0.1, 0.15) is 23.7 Å². The summed E-state index contributed by atoms with van der Waals surface area (Å²) in [4.78, 5) is 28.6. The molecule has 3 aromatic carbocycles. The third kappa shape index (κ3) is 4.94. The highest BCUT2D eigenvalue weighted by Gasteiger charge is 2.27. The maximum absolute atomic E-state index is 14.1. The van der Waals surface area contributed by atoms with Gasteiger partial charge < -0.3 is 24.3 Å². The Labute approximate surface area is 220 Å². The Morgan fingerprint density at radius 3 is 2.58 bits per heavy atom. The van der Waals surface area contributed by atoms with Gasteiger partial charge >= 0.3 is 0 Å². The summed E-state index contributed by atoms with van der Waals surface area (Å²) in [5, 5.41) is 3.67. The van der Waals surface area contributed by atoms with Crippen LogP contribution in [-0.2, 0) is 29.0 Å². The monoisotopic (exact) mass is 515 g/mol. The van der Waals surface area contributed by atoms with Gasteiger partial charge in [-0.15, -0.1) is 0 Å². The molecule has 0 bridgehead atoms. The van der Waals surface area contributed by atoms with Crippen molar-refractivity contribution < 1.29 is 23.5 Å². The summed E-state index contributed by atoms with van der Waals surface area (Å²) in [6.07, 6.45) is 0.357. The molecule has 0 saturated carbocycles. The van der Waals surface area contributed by atoms with E-state index in [0.717, 1.165) is 22.3 Å². The zero-order valence-electron chi connectivity index (χ0n) is 21.7. The Balaban J connectivity index is 1.41. The summed E-state index contributed by atoms with van der Waals surface area (Å²) in [5.74, 6) is 0.276. The number of nitrogens with zero attached hydrogens (tertiary/aromatic N) is 2. The van der Waals surface area contributed by atoms with Gasteiger partial charge in [0.25, 0.3) is 0 Å². The number of aromatic nitrogens is 1. The third-order valence-electron chi connectivity index (χ3n) is 7.06. The predicted molar refractivity (Wildman–Crippen MR) is 144 cm³/mol. The van der Waals surface area contributed by atoms with E-state index in [1.54, 1.807) is 31.3 Å². The second kappa shape index (κ2) is 10.6. The first kappa shape index (κ1) is 25.3. The molecule has 0 unspecified atom stereocenters. The molecule has 8 heteroatoms. The summed E-state index contributed by atoms with van der Waals surface area (Å²) in [5.41, 5.74) is 4.10. The SMILES string of the molecule is CCn1c(C)c(CC(=O)N[C@@H](Cc2ccccc2)C(=O)N(C)c2ccc3c(c2)OCO3)c2cc(F)ccc21. The predicted octanol–water partition coefficient (Wildman–Crippen LogP) is 4.77. The maximum Gasteiger partial charge on any atom is 0.249 e. The number of amides is 2. The van der Waals surface area contributed by atoms with E-state index >= 15 is 0 Å². The van der Waals surface area contributed by atoms with Crippen molar-refractivity contribution in [3.8, 4) is 11.5 Å². The minimum atomic E-state index is -0.808. The molecule has 1 aromatic heterocycles. The molecular formula is C30H30FN3O4. The molecule has 1 N–H and O–H groups in total. The van der Waals surface area contributed by atoms with Crippen molar-refractivity contribution in [2.24, 2.45) is 0 Å². The minimum absolute atomic E-state index is 0.0328. The van der Waals surface area contributed by atoms with E-state index in [1.807, 2.05) is 44.2 Å². The largest absolute Gasteiger partial charge is 0.454 e. The van der Waals surface area contributed by atoms with Crippen molar-refractivity contribution >= 4 is 28.4 Å². The molecule has 0 spiro atoms. The number of fused-ring (bicyclic) bond motifs is 2. The quantitative estimate of drug-likeness (QED) is 0.367. The number of hydrogen-bond donors (Lipinski definition) is 1. The van der Waals surface area contributed by atoms with E-state index in [1.165, 1.54) is 17.0 Å². The van der Waals surface area contributed by atoms with Crippen LogP contribution in [0.5, 0.6) is 11.5 Å². The number of likely N-dealkylation sites (N-methyl/N-ethyl adjacent to an activating group) is 1. The first-order valence-electron chi connectivity index (χ1n) is 12.6. The molecule has 5 rings (SSSR count). The number of ether oxygens (including phenoxy) is 2. The van der Waals surface area contributed by atoms with E-state index in [4.69, 9.17) is 9.47 Å². The van der Waals surface area contributed by atoms with Gasteiger partial charge in [0.15, 0.2) is 11.5 Å². The van der Waals surface area contributed by atoms with Crippen LogP contribution in [0.2, 0.25) is 0 Å². The topological polar surface area (TPSA) is 72.8 Å². The molecule has 4 aromatic rings. The smallest absolute Gasteiger partial charge is 0.249 e. The van der Waals surface area contributed by atoms with Crippen molar-refractivity contribution in [1.29, 1.82) is 0 Å². The molecule has 0 aliphatic carbocycles. The molecule has 196 valence electrons. The number of nitrogens with one attached hydrogen (secondary N) is 1. The van der Waals surface area contributed by atoms with Crippen LogP contribution in [-0.4, -0.2) is 36.3 Å². The Hall–Kier alpha value is -4.33. The Morgan fingerprint density at radius 2 is 1.82 bits per heavy atom. The number of anilines is 1. The van der Waals surface area contributed by atoms with Gasteiger partial charge in [0.1, 0.15) is 11.9 Å². The average molecular weight is 516 g/mol. The lowest BCUT2D eigenvalue weighted by Gasteiger charge is -2.25. The Kier molecular flexibility index (Phi) is 7.05. The highest BCUT2D eigenvalue weighted by molar-refractivity contribution is 6.00. The minimum Gasteiger partial charge on any atom is -0.454 e. The number of aryl methyl sites for hydroxylation is 1. The van der Waals surface area contributed by atoms with E-state index < -0.39 is 6.04 Å². The van der Waals surface area contributed by atoms with Gasteiger partial charge in [-0.05, 0) is 55.3 Å². The molecule has 2 amide bonds. The van der Waals surface area contributed by atoms with Crippen LogP contribution in [0.25, 0.3) is 10.9 Å². The van der Waals surface area contributed by atoms with Crippen molar-refractivity contribution in [2.75, 3.05) is 18.7 Å². The van der Waals surface area contributed by atoms with Crippen LogP contribution >= 0.6 is 0 Å². The van der Waals surface area contributed by atoms with E-state index in [2.05, 4.69) is 9.88 Å². The fourth-order valence-corrected chi connectivity index (χ4v) is 5.07. The zero-order chi connectivity index (χ0) is 26.8. The van der Waals surface area contributed by atoms with Gasteiger partial charge in [0, 0.05) is 48.4 Å². The van der Waals surface area contributed by atoms with Crippen LogP contribution < -0.4 is 19.7 Å². The lowest BCUT2D eigenvalue weighted by atomic mass is 10.0. The summed E-state index contributed by atoms with van der Waals surface area (Å²) >= 11 is 0. The van der Waals surface area contributed by atoms with Crippen LogP contribution in [0.15, 0.2) is 66.7 Å². The first-order valence-corrected chi connectivity index (χ1v) is 12.6. The summed E-state index contributed by atoms with van der Waals surface area (Å²) in [6, 6.07) is 18.7. The molecule has 0 saturated heterocycles. The van der Waals surface area contributed by atoms with Gasteiger partial charge in [0.2, 0.25) is 18.6 Å². The molecule has 0 fully saturated rings. The summed E-state index contributed by atoms with van der Waals surface area (Å²) in [6.45, 7) is 4.79. The molecule has 1 aliphatic heterocycles. The maximum atomic E-state index is 14.1. The molecular weight excluding hydrogens is 485 g/mol. The van der Waals surface area contributed by atoms with E-state index in [9.17, 15) is 14.0 Å². The van der Waals surface area contributed by atoms with Gasteiger partial charge in [-0.3, -0.25) is 9.59 Å². The highest BCUT2D eigenvalue weighted by Crippen LogP contribution is 2.35. The molecule has 38 heavy (non-hydrogen) atoms. The number of halogens is 1. The second-order valence-corrected chi connectivity index (χ2v) is 9.39. The normalized spacial score (nSPS) is 12.9. The van der Waals surface area contributed by atoms with E-state index in [-0.39, 0.29) is 30.8 Å². The van der Waals surface area contributed by atoms with Crippen LogP contribution in [0.3, 0.4) is 0 Å². The summed E-state index contributed by atoms with van der Waals surface area (Å²) in [7, 11) is 1.67. The lowest BCUT2D eigenvalue weighted by molar-refractivity contribution is -0.127. The number of rotatable bonds is 8. The van der Waals surface area contributed by atoms with Crippen molar-refractivity contribution in [1.82, 2.24) is 9.88 Å². The highest BCUT2D eigenvalue weighted by atomic mass is 19.1. The van der Waals surface area contributed by atoms with Gasteiger partial charge in [0.05, 0.1) is 6.42 Å². The van der Waals surface area contributed by atoms with Crippen LogP contribution in [0.4, 0.5) is 10.1 Å². The molecule has 0 radical (unpaired) electrons. The van der Waals surface area contributed by atoms with Gasteiger partial charge in [-0.1, -0.05) is 30.3 Å². The molecule has 2 heterocycles.